The van der Waals surface area contributed by atoms with Crippen LogP contribution >= 0.6 is 11.3 Å². The van der Waals surface area contributed by atoms with E-state index in [0.29, 0.717) is 6.04 Å². The highest BCUT2D eigenvalue weighted by Crippen LogP contribution is 2.28. The van der Waals surface area contributed by atoms with Gasteiger partial charge in [-0.3, -0.25) is 0 Å². The number of hydrogen-bond donors (Lipinski definition) is 1. The third-order valence-corrected chi connectivity index (χ3v) is 3.97. The molecule has 0 saturated heterocycles. The van der Waals surface area contributed by atoms with Crippen molar-refractivity contribution in [2.75, 3.05) is 5.32 Å². The maximum absolute atomic E-state index is 4.38. The molecule has 0 spiro atoms. The number of rotatable bonds is 3. The molecular formula is C13H15N3S. The van der Waals surface area contributed by atoms with Gasteiger partial charge in [0.2, 0.25) is 0 Å². The lowest BCUT2D eigenvalue weighted by molar-refractivity contribution is 0.867. The van der Waals surface area contributed by atoms with Crippen LogP contribution in [0.15, 0.2) is 23.2 Å². The second kappa shape index (κ2) is 4.45. The Labute approximate surface area is 105 Å². The first-order chi connectivity index (χ1) is 8.34. The highest BCUT2D eigenvalue weighted by molar-refractivity contribution is 7.07. The fraction of sp³-hybridized carbons (Fsp3) is 0.385. The third kappa shape index (κ3) is 2.05. The van der Waals surface area contributed by atoms with Crippen molar-refractivity contribution in [1.29, 1.82) is 0 Å². The Morgan fingerprint density at radius 3 is 3.12 bits per heavy atom. The number of fused-ring (bicyclic) bond motifs is 1. The van der Waals surface area contributed by atoms with Crippen LogP contribution in [-0.4, -0.2) is 9.97 Å². The second-order valence-electron chi connectivity index (χ2n) is 4.42. The summed E-state index contributed by atoms with van der Waals surface area (Å²) in [6.07, 6.45) is 5.08. The van der Waals surface area contributed by atoms with Crippen molar-refractivity contribution in [3.63, 3.8) is 0 Å². The molecule has 0 amide bonds. The van der Waals surface area contributed by atoms with Crippen molar-refractivity contribution in [2.45, 2.75) is 32.2 Å². The topological polar surface area (TPSA) is 37.8 Å². The zero-order valence-corrected chi connectivity index (χ0v) is 10.6. The first-order valence-electron chi connectivity index (χ1n) is 5.96. The second-order valence-corrected chi connectivity index (χ2v) is 5.20. The highest BCUT2D eigenvalue weighted by atomic mass is 32.1. The van der Waals surface area contributed by atoms with E-state index in [0.717, 1.165) is 18.7 Å². The van der Waals surface area contributed by atoms with Crippen LogP contribution in [0.2, 0.25) is 0 Å². The van der Waals surface area contributed by atoms with Crippen molar-refractivity contribution in [2.24, 2.45) is 0 Å². The van der Waals surface area contributed by atoms with Gasteiger partial charge in [0.1, 0.15) is 12.1 Å². The molecule has 2 heterocycles. The maximum Gasteiger partial charge on any atom is 0.133 e. The van der Waals surface area contributed by atoms with Gasteiger partial charge in [0.15, 0.2) is 0 Å². The van der Waals surface area contributed by atoms with E-state index in [2.05, 4.69) is 39.0 Å². The minimum Gasteiger partial charge on any atom is -0.363 e. The Hall–Kier alpha value is -1.42. The Balaban J connectivity index is 1.84. The Morgan fingerprint density at radius 1 is 1.35 bits per heavy atom. The van der Waals surface area contributed by atoms with E-state index in [4.69, 9.17) is 0 Å². The fourth-order valence-electron chi connectivity index (χ4n) is 2.29. The number of aromatic nitrogens is 2. The molecule has 0 bridgehead atoms. The van der Waals surface area contributed by atoms with Crippen LogP contribution in [0.25, 0.3) is 0 Å². The summed E-state index contributed by atoms with van der Waals surface area (Å²) in [6.45, 7) is 2.17. The summed E-state index contributed by atoms with van der Waals surface area (Å²) < 4.78 is 0. The van der Waals surface area contributed by atoms with Gasteiger partial charge in [0.25, 0.3) is 0 Å². The summed E-state index contributed by atoms with van der Waals surface area (Å²) in [5, 5.41) is 7.79. The minimum absolute atomic E-state index is 0.306. The zero-order chi connectivity index (χ0) is 11.7. The van der Waals surface area contributed by atoms with Gasteiger partial charge < -0.3 is 5.32 Å². The number of nitrogens with one attached hydrogen (secondary N) is 1. The van der Waals surface area contributed by atoms with Gasteiger partial charge in [-0.25, -0.2) is 9.97 Å². The number of hydrogen-bond acceptors (Lipinski definition) is 4. The van der Waals surface area contributed by atoms with E-state index in [1.807, 2.05) is 0 Å². The molecule has 0 aromatic carbocycles. The Morgan fingerprint density at radius 2 is 2.29 bits per heavy atom. The van der Waals surface area contributed by atoms with Gasteiger partial charge >= 0.3 is 0 Å². The molecule has 2 aromatic heterocycles. The van der Waals surface area contributed by atoms with E-state index in [-0.39, 0.29) is 0 Å². The predicted octanol–water partition coefficient (Wildman–Crippen LogP) is 3.20. The lowest BCUT2D eigenvalue weighted by atomic mass is 10.1. The molecule has 1 unspecified atom stereocenters. The van der Waals surface area contributed by atoms with Crippen molar-refractivity contribution in [3.8, 4) is 0 Å². The molecule has 1 aliphatic carbocycles. The molecule has 4 heteroatoms. The molecule has 3 nitrogen and oxygen atoms in total. The summed E-state index contributed by atoms with van der Waals surface area (Å²) in [5.74, 6) is 1.02. The van der Waals surface area contributed by atoms with Gasteiger partial charge in [-0.15, -0.1) is 0 Å². The predicted molar refractivity (Wildman–Crippen MR) is 70.4 cm³/mol. The van der Waals surface area contributed by atoms with Crippen LogP contribution in [0.1, 0.15) is 36.2 Å². The first-order valence-corrected chi connectivity index (χ1v) is 6.90. The molecule has 2 aromatic rings. The molecule has 0 aliphatic heterocycles. The van der Waals surface area contributed by atoms with Gasteiger partial charge in [-0.05, 0) is 48.6 Å². The van der Waals surface area contributed by atoms with Gasteiger partial charge in [0.05, 0.1) is 6.04 Å². The Kier molecular flexibility index (Phi) is 2.81. The molecule has 0 radical (unpaired) electrons. The van der Waals surface area contributed by atoms with Gasteiger partial charge in [-0.2, -0.15) is 11.3 Å². The highest BCUT2D eigenvalue weighted by Gasteiger charge is 2.18. The molecule has 0 fully saturated rings. The number of thiophene rings is 1. The quantitative estimate of drug-likeness (QED) is 0.902. The molecule has 88 valence electrons. The van der Waals surface area contributed by atoms with Crippen LogP contribution < -0.4 is 5.32 Å². The van der Waals surface area contributed by atoms with Crippen LogP contribution in [0.5, 0.6) is 0 Å². The smallest absolute Gasteiger partial charge is 0.133 e. The van der Waals surface area contributed by atoms with E-state index < -0.39 is 0 Å². The maximum atomic E-state index is 4.38. The Bertz CT molecular complexity index is 507. The average molecular weight is 245 g/mol. The largest absolute Gasteiger partial charge is 0.363 e. The zero-order valence-electron chi connectivity index (χ0n) is 9.81. The van der Waals surface area contributed by atoms with E-state index >= 15 is 0 Å². The van der Waals surface area contributed by atoms with Crippen LogP contribution in [0.3, 0.4) is 0 Å². The summed E-state index contributed by atoms with van der Waals surface area (Å²) in [4.78, 5) is 8.72. The van der Waals surface area contributed by atoms with Crippen LogP contribution in [0.4, 0.5) is 5.82 Å². The SMILES string of the molecule is CC(Nc1ncnc2c1CCC2)c1ccsc1. The number of aryl methyl sites for hydroxylation is 1. The van der Waals surface area contributed by atoms with Gasteiger partial charge in [0, 0.05) is 11.3 Å². The minimum atomic E-state index is 0.306. The summed E-state index contributed by atoms with van der Waals surface area (Å²) in [5.41, 5.74) is 3.86. The lowest BCUT2D eigenvalue weighted by Crippen LogP contribution is -2.09. The summed E-state index contributed by atoms with van der Waals surface area (Å²) >= 11 is 1.73. The van der Waals surface area contributed by atoms with E-state index in [1.165, 1.54) is 23.2 Å². The standard InChI is InChI=1S/C13H15N3S/c1-9(10-5-6-17-7-10)16-13-11-3-2-4-12(11)14-8-15-13/h5-9H,2-4H2,1H3,(H,14,15,16). The van der Waals surface area contributed by atoms with Crippen molar-refractivity contribution in [3.05, 3.63) is 40.0 Å². The van der Waals surface area contributed by atoms with Crippen molar-refractivity contribution >= 4 is 17.2 Å². The van der Waals surface area contributed by atoms with E-state index in [9.17, 15) is 0 Å². The summed E-state index contributed by atoms with van der Waals surface area (Å²) in [6, 6.07) is 2.46. The van der Waals surface area contributed by atoms with Gasteiger partial charge in [-0.1, -0.05) is 0 Å². The first kappa shape index (κ1) is 10.7. The normalized spacial score (nSPS) is 15.6. The lowest BCUT2D eigenvalue weighted by Gasteiger charge is -2.15. The third-order valence-electron chi connectivity index (χ3n) is 3.27. The monoisotopic (exact) mass is 245 g/mol. The molecule has 17 heavy (non-hydrogen) atoms. The molecule has 1 atom stereocenters. The summed E-state index contributed by atoms with van der Waals surface area (Å²) in [7, 11) is 0. The number of anilines is 1. The average Bonchev–Trinajstić information content (AvgIpc) is 3.00. The molecule has 1 aliphatic rings. The number of nitrogens with zero attached hydrogens (tertiary/aromatic N) is 2. The molecule has 1 N–H and O–H groups in total. The van der Waals surface area contributed by atoms with Crippen molar-refractivity contribution < 1.29 is 0 Å². The van der Waals surface area contributed by atoms with Crippen molar-refractivity contribution in [1.82, 2.24) is 9.97 Å². The van der Waals surface area contributed by atoms with Crippen LogP contribution in [0, 0.1) is 0 Å². The fourth-order valence-corrected chi connectivity index (χ4v) is 3.05. The van der Waals surface area contributed by atoms with E-state index in [1.54, 1.807) is 17.7 Å². The molecular weight excluding hydrogens is 230 g/mol. The molecule has 3 rings (SSSR count). The molecule has 0 saturated carbocycles. The van der Waals surface area contributed by atoms with Crippen LogP contribution in [-0.2, 0) is 12.8 Å².